The summed E-state index contributed by atoms with van der Waals surface area (Å²) in [5.74, 6) is 0.715. The number of carbonyl (C=O) groups is 3. The molecule has 0 spiro atoms. The molecule has 1 atom stereocenters. The lowest BCUT2D eigenvalue weighted by atomic mass is 10.1. The molecule has 3 rings (SSSR count). The molecule has 0 bridgehead atoms. The van der Waals surface area contributed by atoms with Gasteiger partial charge in [-0.1, -0.05) is 0 Å². The van der Waals surface area contributed by atoms with Gasteiger partial charge in [0.25, 0.3) is 11.1 Å². The summed E-state index contributed by atoms with van der Waals surface area (Å²) in [4.78, 5) is 40.0. The number of rotatable bonds is 8. The lowest BCUT2D eigenvalue weighted by molar-refractivity contribution is -0.115. The van der Waals surface area contributed by atoms with Crippen LogP contribution in [0.1, 0.15) is 32.8 Å². The van der Waals surface area contributed by atoms with E-state index in [2.05, 4.69) is 15.5 Å². The molecule has 2 saturated heterocycles. The van der Waals surface area contributed by atoms with Crippen molar-refractivity contribution in [3.05, 3.63) is 22.6 Å². The number of methoxy groups -OCH3 is 2. The zero-order valence-corrected chi connectivity index (χ0v) is 21.9. The molecular weight excluding hydrogens is 472 g/mol. The van der Waals surface area contributed by atoms with Crippen LogP contribution in [-0.2, 0) is 9.53 Å². The zero-order valence-electron chi connectivity index (χ0n) is 21.1. The monoisotopic (exact) mass is 506 g/mol. The van der Waals surface area contributed by atoms with Crippen molar-refractivity contribution >= 4 is 40.8 Å². The average Bonchev–Trinajstić information content (AvgIpc) is 3.37. The molecule has 1 unspecified atom stereocenters. The van der Waals surface area contributed by atoms with Crippen LogP contribution in [0.15, 0.2) is 17.0 Å². The highest BCUT2D eigenvalue weighted by Crippen LogP contribution is 2.39. The third-order valence-corrected chi connectivity index (χ3v) is 6.39. The number of thioether (sulfide) groups is 1. The molecule has 0 aromatic heterocycles. The number of nitrogens with zero attached hydrogens (tertiary/aromatic N) is 2. The van der Waals surface area contributed by atoms with E-state index in [4.69, 9.17) is 14.2 Å². The second-order valence-corrected chi connectivity index (χ2v) is 10.4. The number of benzene rings is 1. The Bertz CT molecular complexity index is 1010. The van der Waals surface area contributed by atoms with Crippen molar-refractivity contribution in [2.45, 2.75) is 38.8 Å². The van der Waals surface area contributed by atoms with Gasteiger partial charge in [-0.25, -0.2) is 4.79 Å². The normalized spacial score (nSPS) is 19.2. The smallest absolute Gasteiger partial charge is 0.410 e. The van der Waals surface area contributed by atoms with Crippen molar-refractivity contribution in [3.63, 3.8) is 0 Å². The fourth-order valence-electron chi connectivity index (χ4n) is 3.85. The van der Waals surface area contributed by atoms with Crippen LogP contribution in [0.5, 0.6) is 11.5 Å². The van der Waals surface area contributed by atoms with E-state index in [1.54, 1.807) is 32.2 Å². The van der Waals surface area contributed by atoms with Crippen LogP contribution in [-0.4, -0.2) is 81.2 Å². The number of anilines is 1. The number of imide groups is 1. The molecular formula is C24H34N4O6S. The van der Waals surface area contributed by atoms with Crippen LogP contribution >= 0.6 is 11.8 Å². The van der Waals surface area contributed by atoms with Gasteiger partial charge in [0.15, 0.2) is 11.5 Å². The topological polar surface area (TPSA) is 109 Å². The predicted octanol–water partition coefficient (Wildman–Crippen LogP) is 3.06. The maximum atomic E-state index is 12.1. The first-order valence-electron chi connectivity index (χ1n) is 11.4. The Morgan fingerprint density at radius 2 is 1.94 bits per heavy atom. The lowest BCUT2D eigenvalue weighted by Gasteiger charge is -2.25. The number of hydrogen-bond donors (Lipinski definition) is 2. The molecule has 0 radical (unpaired) electrons. The van der Waals surface area contributed by atoms with E-state index in [9.17, 15) is 14.4 Å². The molecule has 192 valence electrons. The van der Waals surface area contributed by atoms with E-state index in [-0.39, 0.29) is 17.4 Å². The van der Waals surface area contributed by atoms with Gasteiger partial charge in [-0.2, -0.15) is 0 Å². The van der Waals surface area contributed by atoms with Gasteiger partial charge in [0.05, 0.1) is 19.1 Å². The van der Waals surface area contributed by atoms with Crippen molar-refractivity contribution in [3.8, 4) is 11.5 Å². The molecule has 2 N–H and O–H groups in total. The van der Waals surface area contributed by atoms with Crippen molar-refractivity contribution in [1.29, 1.82) is 0 Å². The van der Waals surface area contributed by atoms with Crippen molar-refractivity contribution in [2.24, 2.45) is 0 Å². The minimum Gasteiger partial charge on any atom is -0.493 e. The summed E-state index contributed by atoms with van der Waals surface area (Å²) < 4.78 is 16.3. The Hall–Kier alpha value is -2.92. The maximum Gasteiger partial charge on any atom is 0.410 e. The van der Waals surface area contributed by atoms with E-state index < -0.39 is 11.5 Å². The molecule has 3 amide bonds. The quantitative estimate of drug-likeness (QED) is 0.514. The maximum absolute atomic E-state index is 12.1. The largest absolute Gasteiger partial charge is 0.493 e. The Morgan fingerprint density at radius 3 is 2.54 bits per heavy atom. The average molecular weight is 507 g/mol. The van der Waals surface area contributed by atoms with Gasteiger partial charge in [0, 0.05) is 56.6 Å². The first-order valence-corrected chi connectivity index (χ1v) is 12.3. The highest BCUT2D eigenvalue weighted by molar-refractivity contribution is 8.18. The molecule has 2 fully saturated rings. The first kappa shape index (κ1) is 26.7. The van der Waals surface area contributed by atoms with Gasteiger partial charge in [-0.3, -0.25) is 14.9 Å². The lowest BCUT2D eigenvalue weighted by Crippen LogP contribution is -2.41. The van der Waals surface area contributed by atoms with Crippen LogP contribution < -0.4 is 25.0 Å². The van der Waals surface area contributed by atoms with Gasteiger partial charge in [-0.15, -0.1) is 0 Å². The van der Waals surface area contributed by atoms with Crippen LogP contribution in [0.25, 0.3) is 6.08 Å². The van der Waals surface area contributed by atoms with Gasteiger partial charge < -0.3 is 29.3 Å². The summed E-state index contributed by atoms with van der Waals surface area (Å²) in [6.07, 6.45) is 2.27. The number of likely N-dealkylation sites (N-methyl/N-ethyl adjacent to an activating group) is 1. The highest BCUT2D eigenvalue weighted by atomic mass is 32.2. The van der Waals surface area contributed by atoms with Gasteiger partial charge in [0.2, 0.25) is 0 Å². The molecule has 0 aliphatic carbocycles. The molecule has 2 heterocycles. The van der Waals surface area contributed by atoms with Gasteiger partial charge >= 0.3 is 6.09 Å². The molecule has 1 aromatic rings. The fourth-order valence-corrected chi connectivity index (χ4v) is 4.52. The van der Waals surface area contributed by atoms with Gasteiger partial charge in [-0.05, 0) is 51.1 Å². The summed E-state index contributed by atoms with van der Waals surface area (Å²) in [5.41, 5.74) is 1.13. The second-order valence-electron chi connectivity index (χ2n) is 9.41. The summed E-state index contributed by atoms with van der Waals surface area (Å²) in [6, 6.07) is 3.93. The summed E-state index contributed by atoms with van der Waals surface area (Å²) in [5, 5.41) is 5.41. The Balaban J connectivity index is 1.69. The highest BCUT2D eigenvalue weighted by Gasteiger charge is 2.28. The summed E-state index contributed by atoms with van der Waals surface area (Å²) in [6.45, 7) is 8.23. The molecule has 35 heavy (non-hydrogen) atoms. The Labute approximate surface area is 210 Å². The Kier molecular flexibility index (Phi) is 8.55. The Morgan fingerprint density at radius 1 is 1.26 bits per heavy atom. The van der Waals surface area contributed by atoms with Crippen molar-refractivity contribution in [1.82, 2.24) is 15.5 Å². The minimum absolute atomic E-state index is 0.223. The molecule has 1 aromatic carbocycles. The second kappa shape index (κ2) is 11.2. The van der Waals surface area contributed by atoms with Crippen LogP contribution in [0.2, 0.25) is 0 Å². The summed E-state index contributed by atoms with van der Waals surface area (Å²) >= 11 is 0.879. The number of ether oxygens (including phenoxy) is 3. The van der Waals surface area contributed by atoms with E-state index in [0.717, 1.165) is 42.5 Å². The van der Waals surface area contributed by atoms with E-state index >= 15 is 0 Å². The van der Waals surface area contributed by atoms with Crippen molar-refractivity contribution < 1.29 is 28.6 Å². The minimum atomic E-state index is -0.526. The SMILES string of the molecule is COc1cc(/C=C2\SC(=O)NC2=O)c(N2CCC(NCCN(C)C(=O)OC(C)(C)C)C2)cc1OC. The third kappa shape index (κ3) is 7.04. The number of hydrogen-bond acceptors (Lipinski definition) is 9. The van der Waals surface area contributed by atoms with Crippen LogP contribution in [0, 0.1) is 0 Å². The summed E-state index contributed by atoms with van der Waals surface area (Å²) in [7, 11) is 4.86. The third-order valence-electron chi connectivity index (χ3n) is 5.58. The predicted molar refractivity (Wildman–Crippen MR) is 136 cm³/mol. The first-order chi connectivity index (χ1) is 16.5. The van der Waals surface area contributed by atoms with E-state index in [0.29, 0.717) is 29.5 Å². The zero-order chi connectivity index (χ0) is 25.8. The number of amides is 3. The molecule has 11 heteroatoms. The fraction of sp³-hybridized carbons (Fsp3) is 0.542. The molecule has 2 aliphatic rings. The van der Waals surface area contributed by atoms with E-state index in [1.807, 2.05) is 32.9 Å². The van der Waals surface area contributed by atoms with E-state index in [1.165, 1.54) is 0 Å². The molecule has 2 aliphatic heterocycles. The number of carbonyl (C=O) groups excluding carboxylic acids is 3. The van der Waals surface area contributed by atoms with Crippen LogP contribution in [0.4, 0.5) is 15.3 Å². The molecule has 10 nitrogen and oxygen atoms in total. The van der Waals surface area contributed by atoms with Gasteiger partial charge in [0.1, 0.15) is 5.60 Å². The number of nitrogens with one attached hydrogen (secondary N) is 2. The molecule has 0 saturated carbocycles. The standard InChI is InChI=1S/C24H34N4O6S/c1-24(2,3)34-23(31)27(4)10-8-25-16-7-9-28(14-16)17-13-19(33-6)18(32-5)11-15(17)12-20-21(29)26-22(30)35-20/h11-13,16,25H,7-10,14H2,1-6H3,(H,26,29,30)/b20-12-. The van der Waals surface area contributed by atoms with Crippen molar-refractivity contribution in [2.75, 3.05) is 52.3 Å². The van der Waals surface area contributed by atoms with Crippen LogP contribution in [0.3, 0.4) is 0 Å².